The molecule has 0 saturated heterocycles. The number of benzene rings is 1. The molecule has 1 atom stereocenters. The summed E-state index contributed by atoms with van der Waals surface area (Å²) in [5.41, 5.74) is 0.789. The maximum atomic E-state index is 11.3. The van der Waals surface area contributed by atoms with Crippen molar-refractivity contribution in [2.24, 2.45) is 0 Å². The fraction of sp³-hybridized carbons (Fsp3) is 0.333. The van der Waals surface area contributed by atoms with Crippen molar-refractivity contribution in [1.29, 1.82) is 0 Å². The standard InChI is InChI=1S/C15H16O3/c1-12-9-14(17)7-8-15(12,11-16)18-10-13-5-3-2-4-6-13/h2-6,9,11H,7-8,10H2,1H3. The number of allylic oxidation sites excluding steroid dienone is 1. The lowest BCUT2D eigenvalue weighted by Crippen LogP contribution is -2.39. The molecule has 0 aliphatic heterocycles. The van der Waals surface area contributed by atoms with Crippen LogP contribution in [0.15, 0.2) is 42.0 Å². The third-order valence-electron chi connectivity index (χ3n) is 3.32. The van der Waals surface area contributed by atoms with Gasteiger partial charge in [0.25, 0.3) is 0 Å². The second-order valence-corrected chi connectivity index (χ2v) is 4.58. The van der Waals surface area contributed by atoms with Gasteiger partial charge in [-0.3, -0.25) is 9.59 Å². The Morgan fingerprint density at radius 3 is 2.67 bits per heavy atom. The van der Waals surface area contributed by atoms with E-state index in [0.29, 0.717) is 25.0 Å². The summed E-state index contributed by atoms with van der Waals surface area (Å²) in [6, 6.07) is 9.69. The van der Waals surface area contributed by atoms with Crippen molar-refractivity contribution >= 4 is 12.1 Å². The van der Waals surface area contributed by atoms with Gasteiger partial charge in [-0.15, -0.1) is 0 Å². The lowest BCUT2D eigenvalue weighted by Gasteiger charge is -2.31. The third kappa shape index (κ3) is 2.57. The molecular weight excluding hydrogens is 228 g/mol. The minimum absolute atomic E-state index is 0.0632. The van der Waals surface area contributed by atoms with Crippen LogP contribution in [-0.2, 0) is 20.9 Å². The monoisotopic (exact) mass is 244 g/mol. The Bertz CT molecular complexity index is 476. The number of hydrogen-bond donors (Lipinski definition) is 0. The molecule has 0 fully saturated rings. The number of ketones is 1. The molecule has 0 saturated carbocycles. The predicted molar refractivity (Wildman–Crippen MR) is 68.0 cm³/mol. The minimum Gasteiger partial charge on any atom is -0.358 e. The molecule has 18 heavy (non-hydrogen) atoms. The number of ether oxygens (including phenoxy) is 1. The summed E-state index contributed by atoms with van der Waals surface area (Å²) in [5, 5.41) is 0. The highest BCUT2D eigenvalue weighted by molar-refractivity contribution is 5.94. The van der Waals surface area contributed by atoms with Gasteiger partial charge in [0.1, 0.15) is 5.60 Å². The SMILES string of the molecule is CC1=CC(=O)CCC1(C=O)OCc1ccccc1. The Morgan fingerprint density at radius 1 is 1.33 bits per heavy atom. The molecule has 0 heterocycles. The Labute approximate surface area is 106 Å². The highest BCUT2D eigenvalue weighted by atomic mass is 16.5. The van der Waals surface area contributed by atoms with Crippen LogP contribution in [0.1, 0.15) is 25.3 Å². The summed E-state index contributed by atoms with van der Waals surface area (Å²) in [5.74, 6) is 0.0632. The molecule has 1 aliphatic rings. The van der Waals surface area contributed by atoms with E-state index in [9.17, 15) is 9.59 Å². The normalized spacial score (nSPS) is 23.6. The quantitative estimate of drug-likeness (QED) is 0.764. The Kier molecular flexibility index (Phi) is 3.72. The first kappa shape index (κ1) is 12.7. The molecule has 94 valence electrons. The Morgan fingerprint density at radius 2 is 2.06 bits per heavy atom. The van der Waals surface area contributed by atoms with Gasteiger partial charge in [-0.05, 0) is 30.6 Å². The second kappa shape index (κ2) is 5.27. The van der Waals surface area contributed by atoms with Crippen LogP contribution in [0.25, 0.3) is 0 Å². The molecule has 0 bridgehead atoms. The lowest BCUT2D eigenvalue weighted by molar-refractivity contribution is -0.131. The highest BCUT2D eigenvalue weighted by Crippen LogP contribution is 2.30. The van der Waals surface area contributed by atoms with Gasteiger partial charge in [-0.25, -0.2) is 0 Å². The molecule has 3 nitrogen and oxygen atoms in total. The minimum atomic E-state index is -0.927. The fourth-order valence-electron chi connectivity index (χ4n) is 2.10. The van der Waals surface area contributed by atoms with Crippen LogP contribution in [0.2, 0.25) is 0 Å². The van der Waals surface area contributed by atoms with Crippen molar-refractivity contribution in [1.82, 2.24) is 0 Å². The first-order valence-corrected chi connectivity index (χ1v) is 6.02. The summed E-state index contributed by atoms with van der Waals surface area (Å²) in [7, 11) is 0. The van der Waals surface area contributed by atoms with Crippen LogP contribution >= 0.6 is 0 Å². The van der Waals surface area contributed by atoms with E-state index in [-0.39, 0.29) is 5.78 Å². The molecular formula is C15H16O3. The van der Waals surface area contributed by atoms with E-state index in [1.165, 1.54) is 6.08 Å². The molecule has 3 heteroatoms. The van der Waals surface area contributed by atoms with E-state index in [1.54, 1.807) is 6.92 Å². The fourth-order valence-corrected chi connectivity index (χ4v) is 2.10. The van der Waals surface area contributed by atoms with E-state index in [4.69, 9.17) is 4.74 Å². The predicted octanol–water partition coefficient (Wildman–Crippen LogP) is 2.45. The average molecular weight is 244 g/mol. The molecule has 0 radical (unpaired) electrons. The molecule has 2 rings (SSSR count). The second-order valence-electron chi connectivity index (χ2n) is 4.58. The van der Waals surface area contributed by atoms with Crippen molar-refractivity contribution in [3.05, 3.63) is 47.5 Å². The number of carbonyl (C=O) groups excluding carboxylic acids is 2. The van der Waals surface area contributed by atoms with Crippen LogP contribution < -0.4 is 0 Å². The largest absolute Gasteiger partial charge is 0.358 e. The Hall–Kier alpha value is -1.74. The van der Waals surface area contributed by atoms with Crippen molar-refractivity contribution in [2.45, 2.75) is 32.0 Å². The first-order chi connectivity index (χ1) is 8.66. The molecule has 1 aliphatic carbocycles. The van der Waals surface area contributed by atoms with Gasteiger partial charge in [-0.1, -0.05) is 30.3 Å². The van der Waals surface area contributed by atoms with E-state index >= 15 is 0 Å². The topological polar surface area (TPSA) is 43.4 Å². The van der Waals surface area contributed by atoms with Crippen molar-refractivity contribution < 1.29 is 14.3 Å². The maximum Gasteiger partial charge on any atom is 0.156 e. The third-order valence-corrected chi connectivity index (χ3v) is 3.32. The zero-order valence-corrected chi connectivity index (χ0v) is 10.4. The molecule has 0 spiro atoms. The average Bonchev–Trinajstić information content (AvgIpc) is 2.40. The zero-order valence-electron chi connectivity index (χ0n) is 10.4. The number of hydrogen-bond acceptors (Lipinski definition) is 3. The highest BCUT2D eigenvalue weighted by Gasteiger charge is 2.36. The number of aldehydes is 1. The zero-order chi connectivity index (χ0) is 13.0. The summed E-state index contributed by atoms with van der Waals surface area (Å²) in [6.45, 7) is 2.15. The summed E-state index contributed by atoms with van der Waals surface area (Å²) >= 11 is 0. The smallest absolute Gasteiger partial charge is 0.156 e. The van der Waals surface area contributed by atoms with Crippen LogP contribution in [0.4, 0.5) is 0 Å². The molecule has 1 unspecified atom stereocenters. The van der Waals surface area contributed by atoms with Gasteiger partial charge in [0.2, 0.25) is 0 Å². The van der Waals surface area contributed by atoms with Gasteiger partial charge in [0, 0.05) is 6.42 Å². The van der Waals surface area contributed by atoms with Crippen molar-refractivity contribution in [3.63, 3.8) is 0 Å². The summed E-state index contributed by atoms with van der Waals surface area (Å²) < 4.78 is 5.78. The molecule has 0 N–H and O–H groups in total. The molecule has 0 aromatic heterocycles. The van der Waals surface area contributed by atoms with E-state index in [0.717, 1.165) is 11.8 Å². The van der Waals surface area contributed by atoms with E-state index < -0.39 is 5.60 Å². The van der Waals surface area contributed by atoms with Crippen LogP contribution in [0.5, 0.6) is 0 Å². The van der Waals surface area contributed by atoms with Gasteiger partial charge < -0.3 is 4.74 Å². The molecule has 1 aromatic carbocycles. The van der Waals surface area contributed by atoms with Crippen molar-refractivity contribution in [3.8, 4) is 0 Å². The van der Waals surface area contributed by atoms with Crippen LogP contribution in [0, 0.1) is 0 Å². The lowest BCUT2D eigenvalue weighted by atomic mass is 9.84. The van der Waals surface area contributed by atoms with Gasteiger partial charge >= 0.3 is 0 Å². The van der Waals surface area contributed by atoms with Crippen LogP contribution in [0.3, 0.4) is 0 Å². The van der Waals surface area contributed by atoms with Crippen molar-refractivity contribution in [2.75, 3.05) is 0 Å². The molecule has 1 aromatic rings. The summed E-state index contributed by atoms with van der Waals surface area (Å²) in [4.78, 5) is 22.6. The van der Waals surface area contributed by atoms with Crippen LogP contribution in [-0.4, -0.2) is 17.7 Å². The van der Waals surface area contributed by atoms with E-state index in [1.807, 2.05) is 30.3 Å². The number of carbonyl (C=O) groups is 2. The van der Waals surface area contributed by atoms with Gasteiger partial charge in [-0.2, -0.15) is 0 Å². The Balaban J connectivity index is 2.12. The summed E-state index contributed by atoms with van der Waals surface area (Å²) in [6.07, 6.45) is 3.13. The first-order valence-electron chi connectivity index (χ1n) is 6.02. The number of rotatable bonds is 4. The maximum absolute atomic E-state index is 11.3. The van der Waals surface area contributed by atoms with Gasteiger partial charge in [0.05, 0.1) is 6.61 Å². The molecule has 0 amide bonds. The van der Waals surface area contributed by atoms with E-state index in [2.05, 4.69) is 0 Å². The van der Waals surface area contributed by atoms with Gasteiger partial charge in [0.15, 0.2) is 12.1 Å².